The number of aromatic nitrogens is 2. The number of ether oxygens (including phenoxy) is 1. The van der Waals surface area contributed by atoms with Crippen LogP contribution in [-0.4, -0.2) is 39.4 Å². The number of hydrogen-bond donors (Lipinski definition) is 3. The number of carbonyl (C=O) groups is 1. The molecule has 2 atom stereocenters. The van der Waals surface area contributed by atoms with E-state index in [2.05, 4.69) is 14.7 Å². The maximum Gasteiger partial charge on any atom is 0.308 e. The summed E-state index contributed by atoms with van der Waals surface area (Å²) >= 11 is 0. The smallest absolute Gasteiger partial charge is 0.308 e. The highest BCUT2D eigenvalue weighted by Crippen LogP contribution is 2.22. The third-order valence-electron chi connectivity index (χ3n) is 2.75. The second kappa shape index (κ2) is 5.16. The normalized spacial score (nSPS) is 14.4. The number of esters is 1. The topological polar surface area (TPSA) is 95.4 Å². The number of nitrogens with zero attached hydrogens (tertiary/aromatic N) is 1. The SMILES string of the molecule is COC(=O)CC(O)C(O)c1ccc2nc[nH]c2c1. The van der Waals surface area contributed by atoms with Crippen LogP contribution in [0.25, 0.3) is 11.0 Å². The van der Waals surface area contributed by atoms with Gasteiger partial charge < -0.3 is 19.9 Å². The van der Waals surface area contributed by atoms with Crippen LogP contribution < -0.4 is 0 Å². The predicted octanol–water partition coefficient (Wildman–Crippen LogP) is 0.520. The van der Waals surface area contributed by atoms with Crippen LogP contribution in [0.5, 0.6) is 0 Å². The van der Waals surface area contributed by atoms with Gasteiger partial charge in [0.15, 0.2) is 0 Å². The number of aliphatic hydroxyl groups is 2. The minimum Gasteiger partial charge on any atom is -0.469 e. The Balaban J connectivity index is 2.16. The van der Waals surface area contributed by atoms with Crippen molar-refractivity contribution >= 4 is 17.0 Å². The molecule has 0 saturated heterocycles. The van der Waals surface area contributed by atoms with Crippen molar-refractivity contribution in [3.05, 3.63) is 30.1 Å². The number of aromatic amines is 1. The number of benzene rings is 1. The standard InChI is InChI=1S/C12H14N2O4/c1-18-11(16)5-10(15)12(17)7-2-3-8-9(4-7)14-6-13-8/h2-4,6,10,12,15,17H,5H2,1H3,(H,13,14). The number of methoxy groups -OCH3 is 1. The highest BCUT2D eigenvalue weighted by Gasteiger charge is 2.22. The lowest BCUT2D eigenvalue weighted by Crippen LogP contribution is -2.22. The number of imidazole rings is 1. The minimum absolute atomic E-state index is 0.251. The summed E-state index contributed by atoms with van der Waals surface area (Å²) in [5.41, 5.74) is 2.05. The van der Waals surface area contributed by atoms with Crippen LogP contribution in [0.4, 0.5) is 0 Å². The van der Waals surface area contributed by atoms with Gasteiger partial charge in [0.05, 0.1) is 37.0 Å². The van der Waals surface area contributed by atoms with E-state index in [4.69, 9.17) is 0 Å². The molecule has 6 heteroatoms. The van der Waals surface area contributed by atoms with Crippen LogP contribution >= 0.6 is 0 Å². The lowest BCUT2D eigenvalue weighted by molar-refractivity contribution is -0.144. The summed E-state index contributed by atoms with van der Waals surface area (Å²) in [4.78, 5) is 18.0. The predicted molar refractivity (Wildman–Crippen MR) is 63.7 cm³/mol. The van der Waals surface area contributed by atoms with E-state index in [1.54, 1.807) is 24.5 Å². The minimum atomic E-state index is -1.20. The molecular formula is C12H14N2O4. The lowest BCUT2D eigenvalue weighted by atomic mass is 10.0. The molecule has 0 saturated carbocycles. The third kappa shape index (κ3) is 2.49. The zero-order valence-corrected chi connectivity index (χ0v) is 9.83. The van der Waals surface area contributed by atoms with E-state index in [1.165, 1.54) is 7.11 Å². The van der Waals surface area contributed by atoms with E-state index in [0.29, 0.717) is 5.56 Å². The monoisotopic (exact) mass is 250 g/mol. The molecule has 0 spiro atoms. The second-order valence-corrected chi connectivity index (χ2v) is 3.97. The second-order valence-electron chi connectivity index (χ2n) is 3.97. The zero-order valence-electron chi connectivity index (χ0n) is 9.83. The summed E-state index contributed by atoms with van der Waals surface area (Å²) in [6, 6.07) is 5.08. The van der Waals surface area contributed by atoms with Crippen molar-refractivity contribution in [3.63, 3.8) is 0 Å². The molecule has 0 aliphatic heterocycles. The number of carbonyl (C=O) groups excluding carboxylic acids is 1. The van der Waals surface area contributed by atoms with E-state index < -0.39 is 18.2 Å². The van der Waals surface area contributed by atoms with Crippen LogP contribution in [0.1, 0.15) is 18.1 Å². The Bertz CT molecular complexity index is 552. The average molecular weight is 250 g/mol. The van der Waals surface area contributed by atoms with Gasteiger partial charge in [-0.3, -0.25) is 4.79 Å². The van der Waals surface area contributed by atoms with Gasteiger partial charge in [-0.2, -0.15) is 0 Å². The van der Waals surface area contributed by atoms with Crippen molar-refractivity contribution < 1.29 is 19.7 Å². The molecule has 0 bridgehead atoms. The molecule has 2 aromatic rings. The number of fused-ring (bicyclic) bond motifs is 1. The van der Waals surface area contributed by atoms with Crippen molar-refractivity contribution in [1.82, 2.24) is 9.97 Å². The van der Waals surface area contributed by atoms with E-state index in [1.807, 2.05) is 0 Å². The summed E-state index contributed by atoms with van der Waals surface area (Å²) in [6.45, 7) is 0. The molecule has 0 aliphatic rings. The highest BCUT2D eigenvalue weighted by atomic mass is 16.5. The average Bonchev–Trinajstić information content (AvgIpc) is 2.84. The van der Waals surface area contributed by atoms with E-state index in [0.717, 1.165) is 11.0 Å². The Hall–Kier alpha value is -1.92. The molecule has 96 valence electrons. The molecule has 0 radical (unpaired) electrons. The number of rotatable bonds is 4. The lowest BCUT2D eigenvalue weighted by Gasteiger charge is -2.17. The molecule has 0 amide bonds. The largest absolute Gasteiger partial charge is 0.469 e. The summed E-state index contributed by atoms with van der Waals surface area (Å²) in [7, 11) is 1.23. The van der Waals surface area contributed by atoms with Crippen molar-refractivity contribution in [1.29, 1.82) is 0 Å². The first kappa shape index (κ1) is 12.5. The van der Waals surface area contributed by atoms with Crippen molar-refractivity contribution in [2.75, 3.05) is 7.11 Å². The van der Waals surface area contributed by atoms with Gasteiger partial charge in [0, 0.05) is 0 Å². The molecule has 2 rings (SSSR count). The maximum atomic E-state index is 11.0. The zero-order chi connectivity index (χ0) is 13.1. The molecule has 0 fully saturated rings. The van der Waals surface area contributed by atoms with Gasteiger partial charge in [-0.25, -0.2) is 4.98 Å². The molecule has 1 aromatic carbocycles. The Morgan fingerprint density at radius 2 is 2.28 bits per heavy atom. The molecule has 2 unspecified atom stereocenters. The van der Waals surface area contributed by atoms with Crippen molar-refractivity contribution in [2.45, 2.75) is 18.6 Å². The first-order valence-corrected chi connectivity index (χ1v) is 5.48. The van der Waals surface area contributed by atoms with Gasteiger partial charge in [0.1, 0.15) is 6.10 Å². The molecule has 3 N–H and O–H groups in total. The van der Waals surface area contributed by atoms with E-state index in [9.17, 15) is 15.0 Å². The van der Waals surface area contributed by atoms with Gasteiger partial charge in [0.2, 0.25) is 0 Å². The molecule has 1 heterocycles. The Morgan fingerprint density at radius 3 is 3.00 bits per heavy atom. The van der Waals surface area contributed by atoms with Gasteiger partial charge in [0.25, 0.3) is 0 Å². The molecule has 0 aliphatic carbocycles. The summed E-state index contributed by atoms with van der Waals surface area (Å²) in [5, 5.41) is 19.7. The van der Waals surface area contributed by atoms with Gasteiger partial charge in [-0.05, 0) is 17.7 Å². The van der Waals surface area contributed by atoms with Crippen molar-refractivity contribution in [3.8, 4) is 0 Å². The van der Waals surface area contributed by atoms with Crippen molar-refractivity contribution in [2.24, 2.45) is 0 Å². The quantitative estimate of drug-likeness (QED) is 0.687. The fourth-order valence-electron chi connectivity index (χ4n) is 1.73. The van der Waals surface area contributed by atoms with Gasteiger partial charge in [-0.1, -0.05) is 6.07 Å². The third-order valence-corrected chi connectivity index (χ3v) is 2.75. The maximum absolute atomic E-state index is 11.0. The number of hydrogen-bond acceptors (Lipinski definition) is 5. The Morgan fingerprint density at radius 1 is 1.50 bits per heavy atom. The van der Waals surface area contributed by atoms with Gasteiger partial charge in [-0.15, -0.1) is 0 Å². The first-order chi connectivity index (χ1) is 8.61. The van der Waals surface area contributed by atoms with Crippen LogP contribution in [0.3, 0.4) is 0 Å². The highest BCUT2D eigenvalue weighted by molar-refractivity contribution is 5.75. The Labute approximate surface area is 103 Å². The summed E-state index contributed by atoms with van der Waals surface area (Å²) in [5.74, 6) is -0.566. The van der Waals surface area contributed by atoms with Crippen LogP contribution in [-0.2, 0) is 9.53 Å². The number of H-pyrrole nitrogens is 1. The van der Waals surface area contributed by atoms with Crippen LogP contribution in [0.15, 0.2) is 24.5 Å². The Kier molecular flexibility index (Phi) is 3.59. The molecule has 6 nitrogen and oxygen atoms in total. The number of nitrogens with one attached hydrogen (secondary N) is 1. The molecule has 1 aromatic heterocycles. The van der Waals surface area contributed by atoms with Crippen LogP contribution in [0, 0.1) is 0 Å². The van der Waals surface area contributed by atoms with Gasteiger partial charge >= 0.3 is 5.97 Å². The molecular weight excluding hydrogens is 236 g/mol. The molecule has 18 heavy (non-hydrogen) atoms. The van der Waals surface area contributed by atoms with E-state index >= 15 is 0 Å². The summed E-state index contributed by atoms with van der Waals surface area (Å²) < 4.78 is 4.44. The van der Waals surface area contributed by atoms with E-state index in [-0.39, 0.29) is 6.42 Å². The summed E-state index contributed by atoms with van der Waals surface area (Å²) in [6.07, 6.45) is -1.04. The fourth-order valence-corrected chi connectivity index (χ4v) is 1.73. The fraction of sp³-hybridized carbons (Fsp3) is 0.333. The van der Waals surface area contributed by atoms with Crippen LogP contribution in [0.2, 0.25) is 0 Å². The number of aliphatic hydroxyl groups excluding tert-OH is 2. The first-order valence-electron chi connectivity index (χ1n) is 5.48.